The summed E-state index contributed by atoms with van der Waals surface area (Å²) < 4.78 is 41.0. The minimum atomic E-state index is -3.90. The maximum atomic E-state index is 16.6. The fourth-order valence-electron chi connectivity index (χ4n) is 7.81. The van der Waals surface area contributed by atoms with Gasteiger partial charge in [0.2, 0.25) is 0 Å². The van der Waals surface area contributed by atoms with Crippen LogP contribution in [-0.2, 0) is 15.1 Å². The van der Waals surface area contributed by atoms with Gasteiger partial charge in [-0.3, -0.25) is 4.57 Å². The summed E-state index contributed by atoms with van der Waals surface area (Å²) in [6, 6.07) is 56.3. The first kappa shape index (κ1) is 36.0. The Bertz CT molecular complexity index is 2490. The smallest absolute Gasteiger partial charge is 0.296 e. The molecule has 0 N–H and O–H groups in total. The highest BCUT2D eigenvalue weighted by molar-refractivity contribution is 7.69. The van der Waals surface area contributed by atoms with Crippen LogP contribution in [0.1, 0.15) is 47.2 Å². The van der Waals surface area contributed by atoms with Crippen LogP contribution in [0.25, 0.3) is 11.1 Å². The normalized spacial score (nSPS) is 15.8. The van der Waals surface area contributed by atoms with Gasteiger partial charge in [0.15, 0.2) is 0 Å². The number of rotatable bonds is 10. The Hall–Kier alpha value is -6.03. The van der Waals surface area contributed by atoms with Gasteiger partial charge in [0.25, 0.3) is 7.37 Å². The number of aryl methyl sites for hydroxylation is 1. The first-order valence-electron chi connectivity index (χ1n) is 18.4. The minimum absolute atomic E-state index is 0.217. The number of fused-ring (bicyclic) bond motifs is 3. The van der Waals surface area contributed by atoms with Crippen molar-refractivity contribution in [1.82, 2.24) is 0 Å². The van der Waals surface area contributed by atoms with Crippen LogP contribution < -0.4 is 24.0 Å². The second-order valence-electron chi connectivity index (χ2n) is 14.5. The highest BCUT2D eigenvalue weighted by Crippen LogP contribution is 2.71. The van der Waals surface area contributed by atoms with Gasteiger partial charge in [-0.15, -0.1) is 0 Å². The van der Waals surface area contributed by atoms with E-state index in [4.69, 9.17) is 18.7 Å². The average Bonchev–Trinajstić information content (AvgIpc) is 3.23. The molecule has 0 saturated heterocycles. The zero-order valence-corrected chi connectivity index (χ0v) is 32.5. The van der Waals surface area contributed by atoms with E-state index < -0.39 is 12.5 Å². The van der Waals surface area contributed by atoms with Gasteiger partial charge in [-0.2, -0.15) is 0 Å². The summed E-state index contributed by atoms with van der Waals surface area (Å²) in [4.78, 5) is 0. The fraction of sp³-hybridized carbons (Fsp3) is 0.143. The predicted molar refractivity (Wildman–Crippen MR) is 222 cm³/mol. The minimum Gasteiger partial charge on any atom is -0.497 e. The third kappa shape index (κ3) is 6.19. The van der Waals surface area contributed by atoms with Crippen LogP contribution in [0.15, 0.2) is 170 Å². The van der Waals surface area contributed by atoms with Crippen molar-refractivity contribution in [3.05, 3.63) is 203 Å². The highest BCUT2D eigenvalue weighted by Gasteiger charge is 2.58. The van der Waals surface area contributed by atoms with E-state index in [0.717, 1.165) is 44.9 Å². The molecular formula is C49H43O5P. The first-order valence-corrected chi connectivity index (χ1v) is 20.0. The van der Waals surface area contributed by atoms with E-state index in [9.17, 15) is 0 Å². The standard InChI is InChI=1S/C49H43O5P/c1-34-14-16-37(17-15-34)49(38-22-28-41(52-5)29-23-38,55(50)47-13-9-7-11-45(47)44-10-6-8-12-46(44)54-55)39-24-32-43(33-25-39)53-42-30-20-36(21-31-42)48(2,3)35-18-26-40(51-4)27-19-35/h6-33H,1-5H3. The summed E-state index contributed by atoms with van der Waals surface area (Å²) in [6.45, 7) is 6.48. The molecule has 2 unspecified atom stereocenters. The Morgan fingerprint density at radius 3 is 1.36 bits per heavy atom. The second kappa shape index (κ2) is 14.3. The lowest BCUT2D eigenvalue weighted by molar-refractivity contribution is 0.414. The highest BCUT2D eigenvalue weighted by atomic mass is 31.2. The summed E-state index contributed by atoms with van der Waals surface area (Å²) in [5, 5.41) is -0.591. The first-order chi connectivity index (χ1) is 26.7. The van der Waals surface area contributed by atoms with Gasteiger partial charge in [-0.05, 0) is 101 Å². The summed E-state index contributed by atoms with van der Waals surface area (Å²) in [6.07, 6.45) is 0. The van der Waals surface area contributed by atoms with Gasteiger partial charge < -0.3 is 18.7 Å². The molecule has 55 heavy (non-hydrogen) atoms. The molecule has 0 fully saturated rings. The van der Waals surface area contributed by atoms with Crippen LogP contribution in [0.4, 0.5) is 0 Å². The van der Waals surface area contributed by atoms with E-state index in [1.165, 1.54) is 11.1 Å². The Balaban J connectivity index is 1.24. The number of methoxy groups -OCH3 is 2. The number of para-hydroxylation sites is 1. The molecule has 0 bridgehead atoms. The van der Waals surface area contributed by atoms with Crippen molar-refractivity contribution in [3.8, 4) is 39.9 Å². The molecule has 0 aliphatic carbocycles. The molecule has 1 aliphatic heterocycles. The third-order valence-corrected chi connectivity index (χ3v) is 14.1. The maximum absolute atomic E-state index is 16.6. The average molecular weight is 743 g/mol. The van der Waals surface area contributed by atoms with Gasteiger partial charge in [-0.25, -0.2) is 0 Å². The van der Waals surface area contributed by atoms with Crippen LogP contribution in [0, 0.1) is 6.92 Å². The lowest BCUT2D eigenvalue weighted by Crippen LogP contribution is -2.38. The molecule has 7 aromatic rings. The Morgan fingerprint density at radius 2 is 0.873 bits per heavy atom. The van der Waals surface area contributed by atoms with Crippen molar-refractivity contribution in [2.75, 3.05) is 14.2 Å². The molecule has 6 heteroatoms. The summed E-state index contributed by atoms with van der Waals surface area (Å²) >= 11 is 0. The SMILES string of the molecule is COc1ccc(C(C)(C)c2ccc(Oc3ccc(C(c4ccc(C)cc4)(c4ccc(OC)cc4)P4(=O)Oc5ccccc5-c5ccccc54)cc3)cc2)cc1. The second-order valence-corrected chi connectivity index (χ2v) is 16.9. The summed E-state index contributed by atoms with van der Waals surface area (Å²) in [7, 11) is -0.575. The Kier molecular flexibility index (Phi) is 9.37. The maximum Gasteiger partial charge on any atom is 0.296 e. The van der Waals surface area contributed by atoms with E-state index in [0.29, 0.717) is 22.6 Å². The largest absolute Gasteiger partial charge is 0.497 e. The van der Waals surface area contributed by atoms with Crippen molar-refractivity contribution in [2.24, 2.45) is 0 Å². The van der Waals surface area contributed by atoms with Crippen LogP contribution >= 0.6 is 7.37 Å². The number of hydrogen-bond acceptors (Lipinski definition) is 5. The van der Waals surface area contributed by atoms with Crippen LogP contribution in [-0.4, -0.2) is 14.2 Å². The van der Waals surface area contributed by atoms with Crippen molar-refractivity contribution in [1.29, 1.82) is 0 Å². The third-order valence-electron chi connectivity index (χ3n) is 10.9. The summed E-state index contributed by atoms with van der Waals surface area (Å²) in [5.41, 5.74) is 7.54. The van der Waals surface area contributed by atoms with Gasteiger partial charge in [0.05, 0.1) is 19.5 Å². The topological polar surface area (TPSA) is 54.0 Å². The molecule has 0 saturated carbocycles. The fourth-order valence-corrected chi connectivity index (χ4v) is 11.1. The molecule has 2 atom stereocenters. The van der Waals surface area contributed by atoms with Crippen molar-refractivity contribution >= 4 is 12.7 Å². The van der Waals surface area contributed by atoms with Gasteiger partial charge in [0, 0.05) is 11.0 Å². The number of ether oxygens (including phenoxy) is 3. The molecule has 5 nitrogen and oxygen atoms in total. The monoisotopic (exact) mass is 742 g/mol. The lowest BCUT2D eigenvalue weighted by Gasteiger charge is -2.44. The quantitative estimate of drug-likeness (QED) is 0.103. The van der Waals surface area contributed by atoms with Gasteiger partial charge >= 0.3 is 0 Å². The van der Waals surface area contributed by atoms with Crippen molar-refractivity contribution in [2.45, 2.75) is 31.3 Å². The molecule has 0 radical (unpaired) electrons. The summed E-state index contributed by atoms with van der Waals surface area (Å²) in [5.74, 6) is 3.51. The molecule has 0 amide bonds. The molecule has 8 rings (SSSR count). The number of benzene rings is 7. The molecule has 1 heterocycles. The van der Waals surface area contributed by atoms with Crippen LogP contribution in [0.2, 0.25) is 0 Å². The van der Waals surface area contributed by atoms with Gasteiger partial charge in [0.1, 0.15) is 33.9 Å². The molecule has 1 aliphatic rings. The molecule has 274 valence electrons. The molecule has 0 spiro atoms. The zero-order chi connectivity index (χ0) is 38.2. The molecule has 0 aromatic heterocycles. The van der Waals surface area contributed by atoms with E-state index in [1.54, 1.807) is 14.2 Å². The number of hydrogen-bond donors (Lipinski definition) is 0. The predicted octanol–water partition coefficient (Wildman–Crippen LogP) is 12.1. The molecular weight excluding hydrogens is 700 g/mol. The van der Waals surface area contributed by atoms with Crippen molar-refractivity contribution in [3.63, 3.8) is 0 Å². The van der Waals surface area contributed by atoms with E-state index in [-0.39, 0.29) is 5.41 Å². The lowest BCUT2D eigenvalue weighted by atomic mass is 9.78. The van der Waals surface area contributed by atoms with E-state index in [1.807, 2.05) is 121 Å². The zero-order valence-electron chi connectivity index (χ0n) is 31.7. The van der Waals surface area contributed by atoms with Crippen LogP contribution in [0.5, 0.6) is 28.7 Å². The van der Waals surface area contributed by atoms with Crippen LogP contribution in [0.3, 0.4) is 0 Å². The Morgan fingerprint density at radius 1 is 0.473 bits per heavy atom. The Labute approximate surface area is 323 Å². The van der Waals surface area contributed by atoms with E-state index in [2.05, 4.69) is 69.3 Å². The van der Waals surface area contributed by atoms with Gasteiger partial charge in [-0.1, -0.05) is 129 Å². The molecule has 7 aromatic carbocycles. The van der Waals surface area contributed by atoms with Crippen molar-refractivity contribution < 1.29 is 23.3 Å². The van der Waals surface area contributed by atoms with E-state index >= 15 is 4.57 Å².